The Kier molecular flexibility index (Phi) is 3.19. The van der Waals surface area contributed by atoms with Crippen LogP contribution in [0, 0.1) is 11.8 Å². The van der Waals surface area contributed by atoms with Gasteiger partial charge >= 0.3 is 0 Å². The van der Waals surface area contributed by atoms with Gasteiger partial charge in [0.1, 0.15) is 0 Å². The molecule has 78 valence electrons. The van der Waals surface area contributed by atoms with Gasteiger partial charge in [0.25, 0.3) is 0 Å². The quantitative estimate of drug-likeness (QED) is 0.807. The second-order valence-corrected chi connectivity index (χ2v) is 5.48. The number of thiazole rings is 1. The Labute approximate surface area is 89.8 Å². The molecule has 2 nitrogen and oxygen atoms in total. The van der Waals surface area contributed by atoms with E-state index in [1.807, 2.05) is 11.7 Å². The lowest BCUT2D eigenvalue weighted by atomic mass is 10.2. The van der Waals surface area contributed by atoms with Crippen LogP contribution in [0.15, 0.2) is 11.7 Å². The van der Waals surface area contributed by atoms with E-state index in [9.17, 15) is 0 Å². The molecule has 1 N–H and O–H groups in total. The minimum atomic E-state index is 0.760. The van der Waals surface area contributed by atoms with Crippen LogP contribution in [0.1, 0.15) is 31.1 Å². The number of hydrogen-bond donors (Lipinski definition) is 1. The molecule has 0 bridgehead atoms. The molecule has 0 saturated heterocycles. The molecule has 1 heterocycles. The number of rotatable bonds is 5. The summed E-state index contributed by atoms with van der Waals surface area (Å²) in [6.07, 6.45) is 3.38. The van der Waals surface area contributed by atoms with Crippen LogP contribution in [0.5, 0.6) is 0 Å². The van der Waals surface area contributed by atoms with Crippen LogP contribution in [0.2, 0.25) is 0 Å². The molecule has 14 heavy (non-hydrogen) atoms. The van der Waals surface area contributed by atoms with Crippen molar-refractivity contribution in [2.45, 2.75) is 26.2 Å². The highest BCUT2D eigenvalue weighted by Crippen LogP contribution is 2.48. The van der Waals surface area contributed by atoms with Gasteiger partial charge in [0, 0.05) is 11.1 Å². The monoisotopic (exact) mass is 210 g/mol. The lowest BCUT2D eigenvalue weighted by Gasteiger charge is -2.06. The van der Waals surface area contributed by atoms with Gasteiger partial charge in [-0.25, -0.2) is 0 Å². The third-order valence-corrected chi connectivity index (χ3v) is 3.61. The number of nitrogens with one attached hydrogen (secondary N) is 1. The number of nitrogens with zero attached hydrogens (tertiary/aromatic N) is 1. The van der Waals surface area contributed by atoms with Crippen LogP contribution in [0.3, 0.4) is 0 Å². The molecule has 0 aliphatic heterocycles. The van der Waals surface area contributed by atoms with Crippen molar-refractivity contribution in [3.63, 3.8) is 0 Å². The molecule has 2 atom stereocenters. The molecule has 0 aromatic carbocycles. The van der Waals surface area contributed by atoms with E-state index in [1.165, 1.54) is 17.8 Å². The third kappa shape index (κ3) is 2.55. The molecule has 1 aliphatic carbocycles. The average Bonchev–Trinajstić information content (AvgIpc) is 2.72. The predicted octanol–water partition coefficient (Wildman–Crippen LogP) is 2.49. The van der Waals surface area contributed by atoms with Crippen LogP contribution in [-0.2, 0) is 0 Å². The topological polar surface area (TPSA) is 24.9 Å². The minimum Gasteiger partial charge on any atom is -0.316 e. The molecule has 2 unspecified atom stereocenters. The van der Waals surface area contributed by atoms with Gasteiger partial charge in [-0.2, -0.15) is 0 Å². The molecule has 1 saturated carbocycles. The zero-order chi connectivity index (χ0) is 9.97. The van der Waals surface area contributed by atoms with Crippen molar-refractivity contribution in [3.8, 4) is 0 Å². The SMILES string of the molecule is CC(C)CNCC1CC1c1cncs1. The van der Waals surface area contributed by atoms with Crippen LogP contribution in [0.25, 0.3) is 0 Å². The smallest absolute Gasteiger partial charge is 0.0794 e. The molecule has 0 spiro atoms. The lowest BCUT2D eigenvalue weighted by Crippen LogP contribution is -2.22. The summed E-state index contributed by atoms with van der Waals surface area (Å²) in [6.45, 7) is 6.83. The highest BCUT2D eigenvalue weighted by atomic mass is 32.1. The Morgan fingerprint density at radius 2 is 2.50 bits per heavy atom. The summed E-state index contributed by atoms with van der Waals surface area (Å²) in [4.78, 5) is 5.60. The molecule has 3 heteroatoms. The fourth-order valence-electron chi connectivity index (χ4n) is 1.79. The van der Waals surface area contributed by atoms with Crippen LogP contribution < -0.4 is 5.32 Å². The average molecular weight is 210 g/mol. The molecular weight excluding hydrogens is 192 g/mol. The van der Waals surface area contributed by atoms with Crippen LogP contribution >= 0.6 is 11.3 Å². The highest BCUT2D eigenvalue weighted by molar-refractivity contribution is 7.09. The first kappa shape index (κ1) is 10.1. The molecule has 0 amide bonds. The fraction of sp³-hybridized carbons (Fsp3) is 0.727. The molecule has 0 radical (unpaired) electrons. The maximum absolute atomic E-state index is 4.12. The second kappa shape index (κ2) is 4.41. The van der Waals surface area contributed by atoms with Gasteiger partial charge in [-0.15, -0.1) is 11.3 Å². The van der Waals surface area contributed by atoms with Gasteiger partial charge < -0.3 is 5.32 Å². The van der Waals surface area contributed by atoms with E-state index in [0.717, 1.165) is 24.3 Å². The number of hydrogen-bond acceptors (Lipinski definition) is 3. The summed E-state index contributed by atoms with van der Waals surface area (Å²) in [7, 11) is 0. The summed E-state index contributed by atoms with van der Waals surface area (Å²) >= 11 is 1.80. The van der Waals surface area contributed by atoms with Crippen molar-refractivity contribution in [3.05, 3.63) is 16.6 Å². The highest BCUT2D eigenvalue weighted by Gasteiger charge is 2.38. The van der Waals surface area contributed by atoms with E-state index in [4.69, 9.17) is 0 Å². The number of aromatic nitrogens is 1. The minimum absolute atomic E-state index is 0.760. The van der Waals surface area contributed by atoms with Gasteiger partial charge in [0.15, 0.2) is 0 Å². The van der Waals surface area contributed by atoms with Crippen molar-refractivity contribution in [2.24, 2.45) is 11.8 Å². The zero-order valence-corrected chi connectivity index (χ0v) is 9.68. The Balaban J connectivity index is 1.67. The Hall–Kier alpha value is -0.410. The summed E-state index contributed by atoms with van der Waals surface area (Å²) in [5, 5.41) is 3.52. The molecule has 2 rings (SSSR count). The maximum atomic E-state index is 4.12. The fourth-order valence-corrected chi connectivity index (χ4v) is 2.62. The maximum Gasteiger partial charge on any atom is 0.0794 e. The van der Waals surface area contributed by atoms with Crippen LogP contribution in [0.4, 0.5) is 0 Å². The van der Waals surface area contributed by atoms with Crippen LogP contribution in [-0.4, -0.2) is 18.1 Å². The molecular formula is C11H18N2S. The first-order chi connectivity index (χ1) is 6.77. The van der Waals surface area contributed by atoms with Gasteiger partial charge in [0.05, 0.1) is 5.51 Å². The Morgan fingerprint density at radius 1 is 1.64 bits per heavy atom. The second-order valence-electron chi connectivity index (χ2n) is 4.56. The predicted molar refractivity (Wildman–Crippen MR) is 60.7 cm³/mol. The first-order valence-electron chi connectivity index (χ1n) is 5.36. The van der Waals surface area contributed by atoms with E-state index < -0.39 is 0 Å². The van der Waals surface area contributed by atoms with Gasteiger partial charge in [-0.3, -0.25) is 4.98 Å². The van der Waals surface area contributed by atoms with Crippen molar-refractivity contribution in [1.82, 2.24) is 10.3 Å². The molecule has 1 aromatic heterocycles. The molecule has 1 aromatic rings. The molecule has 1 fully saturated rings. The van der Waals surface area contributed by atoms with Crippen molar-refractivity contribution >= 4 is 11.3 Å². The van der Waals surface area contributed by atoms with Crippen molar-refractivity contribution in [1.29, 1.82) is 0 Å². The summed E-state index contributed by atoms with van der Waals surface area (Å²) < 4.78 is 0. The van der Waals surface area contributed by atoms with E-state index in [2.05, 4.69) is 24.1 Å². The summed E-state index contributed by atoms with van der Waals surface area (Å²) in [6, 6.07) is 0. The first-order valence-corrected chi connectivity index (χ1v) is 6.24. The normalized spacial score (nSPS) is 25.6. The lowest BCUT2D eigenvalue weighted by molar-refractivity contribution is 0.533. The van der Waals surface area contributed by atoms with Crippen molar-refractivity contribution in [2.75, 3.05) is 13.1 Å². The largest absolute Gasteiger partial charge is 0.316 e. The summed E-state index contributed by atoms with van der Waals surface area (Å²) in [5.41, 5.74) is 1.94. The summed E-state index contributed by atoms with van der Waals surface area (Å²) in [5.74, 6) is 2.44. The molecule has 1 aliphatic rings. The standard InChI is InChI=1S/C11H18N2S/c1-8(2)4-12-5-9-3-10(9)11-6-13-7-14-11/h6-10,12H,3-5H2,1-2H3. The van der Waals surface area contributed by atoms with Gasteiger partial charge in [-0.1, -0.05) is 13.8 Å². The Morgan fingerprint density at radius 3 is 3.14 bits per heavy atom. The Bertz CT molecular complexity index is 269. The van der Waals surface area contributed by atoms with E-state index in [0.29, 0.717) is 0 Å². The van der Waals surface area contributed by atoms with E-state index in [-0.39, 0.29) is 0 Å². The zero-order valence-electron chi connectivity index (χ0n) is 8.86. The van der Waals surface area contributed by atoms with E-state index >= 15 is 0 Å². The van der Waals surface area contributed by atoms with Gasteiger partial charge in [-0.05, 0) is 37.3 Å². The van der Waals surface area contributed by atoms with Gasteiger partial charge in [0.2, 0.25) is 0 Å². The van der Waals surface area contributed by atoms with Crippen molar-refractivity contribution < 1.29 is 0 Å². The third-order valence-electron chi connectivity index (χ3n) is 2.70. The van der Waals surface area contributed by atoms with E-state index in [1.54, 1.807) is 11.3 Å².